The number of thioether (sulfide) groups is 1. The number of hydrogen-bond donors (Lipinski definition) is 3. The fourth-order valence-corrected chi connectivity index (χ4v) is 5.24. The summed E-state index contributed by atoms with van der Waals surface area (Å²) < 4.78 is 81.4. The van der Waals surface area contributed by atoms with Crippen LogP contribution in [0.25, 0.3) is 0 Å². The van der Waals surface area contributed by atoms with Gasteiger partial charge in [0.2, 0.25) is 5.82 Å². The molecule has 3 N–H and O–H groups in total. The van der Waals surface area contributed by atoms with E-state index in [0.29, 0.717) is 17.1 Å². The number of ether oxygens (including phenoxy) is 2. The molecule has 0 aromatic heterocycles. The van der Waals surface area contributed by atoms with Crippen LogP contribution in [0.1, 0.15) is 46.4 Å². The van der Waals surface area contributed by atoms with Crippen LogP contribution in [0.2, 0.25) is 0 Å². The molecule has 1 heterocycles. The number of aliphatic hydroxyl groups is 2. The molecule has 0 radical (unpaired) electrons. The van der Waals surface area contributed by atoms with Gasteiger partial charge >= 0.3 is 0 Å². The second-order valence-electron chi connectivity index (χ2n) is 9.14. The Morgan fingerprint density at radius 2 is 1.55 bits per heavy atom. The van der Waals surface area contributed by atoms with Crippen LogP contribution in [0.3, 0.4) is 0 Å². The maximum absolute atomic E-state index is 14.1. The molecule has 1 aliphatic heterocycles. The van der Waals surface area contributed by atoms with Crippen molar-refractivity contribution in [2.45, 2.75) is 32.0 Å². The first-order valence-electron chi connectivity index (χ1n) is 12.3. The van der Waals surface area contributed by atoms with Gasteiger partial charge in [0.25, 0.3) is 5.91 Å². The number of carbonyl (C=O) groups excluding carboxylic acids is 1. The second-order valence-corrected chi connectivity index (χ2v) is 10.3. The number of halogens is 5. The van der Waals surface area contributed by atoms with Crippen LogP contribution >= 0.6 is 11.8 Å². The maximum Gasteiger partial charge on any atom is 0.261 e. The summed E-state index contributed by atoms with van der Waals surface area (Å²) in [4.78, 5) is 12.5. The SMILES string of the molecule is CC1C(CSCCO)OC(c2cccc(NC(=O)c3c(F)c(F)c(F)c(F)c3F)c2)OC1c1ccc(CO)cc1. The number of nitrogens with one attached hydrogen (secondary N) is 1. The Balaban J connectivity index is 1.60. The molecule has 4 unspecified atom stereocenters. The number of benzene rings is 3. The van der Waals surface area contributed by atoms with E-state index in [4.69, 9.17) is 9.47 Å². The zero-order chi connectivity index (χ0) is 29.0. The lowest BCUT2D eigenvalue weighted by Gasteiger charge is -2.41. The molecule has 0 spiro atoms. The predicted molar refractivity (Wildman–Crippen MR) is 138 cm³/mol. The number of rotatable bonds is 9. The third kappa shape index (κ3) is 6.31. The summed E-state index contributed by atoms with van der Waals surface area (Å²) in [7, 11) is 0. The van der Waals surface area contributed by atoms with E-state index in [1.54, 1.807) is 18.2 Å². The van der Waals surface area contributed by atoms with E-state index < -0.39 is 53.0 Å². The Hall–Kier alpha value is -3.03. The van der Waals surface area contributed by atoms with Crippen LogP contribution < -0.4 is 5.32 Å². The van der Waals surface area contributed by atoms with Gasteiger partial charge in [-0.3, -0.25) is 4.79 Å². The number of aliphatic hydroxyl groups excluding tert-OH is 2. The molecule has 4 atom stereocenters. The molecule has 3 aromatic carbocycles. The third-order valence-corrected chi connectivity index (χ3v) is 7.53. The molecule has 6 nitrogen and oxygen atoms in total. The topological polar surface area (TPSA) is 88.0 Å². The van der Waals surface area contributed by atoms with Crippen molar-refractivity contribution in [1.29, 1.82) is 0 Å². The highest BCUT2D eigenvalue weighted by Crippen LogP contribution is 2.42. The number of anilines is 1. The lowest BCUT2D eigenvalue weighted by molar-refractivity contribution is -0.268. The van der Waals surface area contributed by atoms with Gasteiger partial charge in [0, 0.05) is 28.7 Å². The predicted octanol–water partition coefficient (Wildman–Crippen LogP) is 5.64. The average molecular weight is 584 g/mol. The lowest BCUT2D eigenvalue weighted by atomic mass is 9.91. The lowest BCUT2D eigenvalue weighted by Crippen LogP contribution is -2.38. The molecule has 0 aliphatic carbocycles. The van der Waals surface area contributed by atoms with Crippen molar-refractivity contribution < 1.29 is 46.4 Å². The summed E-state index contributed by atoms with van der Waals surface area (Å²) in [5.74, 6) is -11.9. The van der Waals surface area contributed by atoms with Crippen molar-refractivity contribution in [3.63, 3.8) is 0 Å². The zero-order valence-corrected chi connectivity index (χ0v) is 22.0. The summed E-state index contributed by atoms with van der Waals surface area (Å²) >= 11 is 1.50. The first kappa shape index (κ1) is 29.9. The van der Waals surface area contributed by atoms with Gasteiger partial charge in [-0.2, -0.15) is 11.8 Å². The van der Waals surface area contributed by atoms with E-state index in [-0.39, 0.29) is 30.9 Å². The summed E-state index contributed by atoms with van der Waals surface area (Å²) in [6, 6.07) is 13.2. The minimum Gasteiger partial charge on any atom is -0.396 e. The van der Waals surface area contributed by atoms with Gasteiger partial charge in [-0.15, -0.1) is 0 Å². The van der Waals surface area contributed by atoms with Crippen LogP contribution in [0.4, 0.5) is 27.6 Å². The minimum atomic E-state index is -2.36. The van der Waals surface area contributed by atoms with Gasteiger partial charge in [-0.05, 0) is 23.3 Å². The molecule has 1 fully saturated rings. The molecule has 1 saturated heterocycles. The van der Waals surface area contributed by atoms with Crippen molar-refractivity contribution in [1.82, 2.24) is 0 Å². The summed E-state index contributed by atoms with van der Waals surface area (Å²) in [5, 5.41) is 20.7. The Kier molecular flexibility index (Phi) is 9.80. The van der Waals surface area contributed by atoms with Crippen LogP contribution in [-0.2, 0) is 16.1 Å². The van der Waals surface area contributed by atoms with Gasteiger partial charge in [-0.1, -0.05) is 43.3 Å². The molecular formula is C28H26F5NO5S. The van der Waals surface area contributed by atoms with Crippen molar-refractivity contribution in [3.05, 3.63) is 99.9 Å². The molecular weight excluding hydrogens is 557 g/mol. The summed E-state index contributed by atoms with van der Waals surface area (Å²) in [5.41, 5.74) is 0.398. The second kappa shape index (κ2) is 13.1. The Morgan fingerprint density at radius 3 is 2.17 bits per heavy atom. The monoisotopic (exact) mass is 583 g/mol. The fraction of sp³-hybridized carbons (Fsp3) is 0.321. The Morgan fingerprint density at radius 1 is 0.900 bits per heavy atom. The van der Waals surface area contributed by atoms with Gasteiger partial charge in [0.15, 0.2) is 29.6 Å². The molecule has 1 aliphatic rings. The normalized spacial score (nSPS) is 20.9. The zero-order valence-electron chi connectivity index (χ0n) is 21.2. The van der Waals surface area contributed by atoms with Crippen LogP contribution in [0.5, 0.6) is 0 Å². The Labute approximate surface area is 231 Å². The molecule has 12 heteroatoms. The molecule has 0 bridgehead atoms. The quantitative estimate of drug-likeness (QED) is 0.131. The van der Waals surface area contributed by atoms with Gasteiger partial charge < -0.3 is 25.0 Å². The first-order chi connectivity index (χ1) is 19.2. The average Bonchev–Trinajstić information content (AvgIpc) is 2.96. The molecule has 3 aromatic rings. The van der Waals surface area contributed by atoms with E-state index in [2.05, 4.69) is 5.32 Å². The van der Waals surface area contributed by atoms with Crippen molar-refractivity contribution in [2.24, 2.45) is 5.92 Å². The van der Waals surface area contributed by atoms with Crippen LogP contribution in [-0.4, -0.2) is 40.3 Å². The van der Waals surface area contributed by atoms with Crippen molar-refractivity contribution >= 4 is 23.4 Å². The van der Waals surface area contributed by atoms with Crippen molar-refractivity contribution in [2.75, 3.05) is 23.4 Å². The summed E-state index contributed by atoms with van der Waals surface area (Å²) in [6.07, 6.45) is -1.69. The van der Waals surface area contributed by atoms with E-state index in [9.17, 15) is 37.0 Å². The highest BCUT2D eigenvalue weighted by molar-refractivity contribution is 7.99. The van der Waals surface area contributed by atoms with E-state index in [1.807, 2.05) is 19.1 Å². The standard InChI is InChI=1S/C28H26F5NO5S/c1-14-19(13-40-10-9-35)38-28(39-26(14)16-7-5-15(12-36)6-8-16)17-3-2-4-18(11-17)34-27(37)20-21(29)23(31)25(33)24(32)22(20)30/h2-8,11,14,19,26,28,35-36H,9-10,12-13H2,1H3,(H,34,37). The van der Waals surface area contributed by atoms with Crippen molar-refractivity contribution in [3.8, 4) is 0 Å². The number of hydrogen-bond acceptors (Lipinski definition) is 6. The maximum atomic E-state index is 14.1. The smallest absolute Gasteiger partial charge is 0.261 e. The van der Waals surface area contributed by atoms with E-state index >= 15 is 0 Å². The van der Waals surface area contributed by atoms with Crippen LogP contribution in [0.15, 0.2) is 48.5 Å². The third-order valence-electron chi connectivity index (χ3n) is 6.49. The van der Waals surface area contributed by atoms with Gasteiger partial charge in [-0.25, -0.2) is 22.0 Å². The number of amides is 1. The van der Waals surface area contributed by atoms with Gasteiger partial charge in [0.05, 0.1) is 25.4 Å². The fourth-order valence-electron chi connectivity index (χ4n) is 4.33. The molecule has 214 valence electrons. The first-order valence-corrected chi connectivity index (χ1v) is 13.4. The molecule has 40 heavy (non-hydrogen) atoms. The highest BCUT2D eigenvalue weighted by Gasteiger charge is 2.38. The van der Waals surface area contributed by atoms with Crippen LogP contribution in [0, 0.1) is 35.0 Å². The molecule has 4 rings (SSSR count). The Bertz CT molecular complexity index is 1330. The number of carbonyl (C=O) groups is 1. The highest BCUT2D eigenvalue weighted by atomic mass is 32.2. The molecule has 1 amide bonds. The van der Waals surface area contributed by atoms with Gasteiger partial charge in [0.1, 0.15) is 5.56 Å². The largest absolute Gasteiger partial charge is 0.396 e. The summed E-state index contributed by atoms with van der Waals surface area (Å²) in [6.45, 7) is 1.85. The van der Waals surface area contributed by atoms with E-state index in [1.165, 1.54) is 30.0 Å². The molecule has 0 saturated carbocycles. The van der Waals surface area contributed by atoms with E-state index in [0.717, 1.165) is 11.1 Å². The minimum absolute atomic E-state index is 0.00251.